The second-order valence-electron chi connectivity index (χ2n) is 8.74. The lowest BCUT2D eigenvalue weighted by atomic mass is 10.0. The van der Waals surface area contributed by atoms with E-state index in [0.717, 1.165) is 18.6 Å². The molecule has 2 unspecified atom stereocenters. The molecule has 0 aliphatic heterocycles. The van der Waals surface area contributed by atoms with Crippen molar-refractivity contribution in [2.45, 2.75) is 123 Å². The van der Waals surface area contributed by atoms with Crippen LogP contribution in [0, 0.1) is 0 Å². The quantitative estimate of drug-likeness (QED) is 0.210. The molecule has 2 atom stereocenters. The van der Waals surface area contributed by atoms with E-state index in [0.29, 0.717) is 13.2 Å². The van der Waals surface area contributed by atoms with E-state index in [-0.39, 0.29) is 6.10 Å². The molecule has 0 amide bonds. The van der Waals surface area contributed by atoms with Crippen molar-refractivity contribution < 1.29 is 14.6 Å². The van der Waals surface area contributed by atoms with Gasteiger partial charge in [0.05, 0.1) is 19.3 Å². The molecule has 0 bridgehead atoms. The number of rotatable bonds is 21. The van der Waals surface area contributed by atoms with Gasteiger partial charge in [-0.15, -0.1) is 0 Å². The fraction of sp³-hybridized carbons (Fsp3) is 0.778. The molecule has 0 radical (unpaired) electrons. The highest BCUT2D eigenvalue weighted by molar-refractivity contribution is 5.13. The summed E-state index contributed by atoms with van der Waals surface area (Å²) in [5.74, 6) is 0. The summed E-state index contributed by atoms with van der Waals surface area (Å²) >= 11 is 0. The number of hydrogen-bond acceptors (Lipinski definition) is 3. The van der Waals surface area contributed by atoms with Gasteiger partial charge in [-0.25, -0.2) is 0 Å². The Labute approximate surface area is 186 Å². The van der Waals surface area contributed by atoms with E-state index in [2.05, 4.69) is 6.92 Å². The molecular weight excluding hydrogens is 372 g/mol. The topological polar surface area (TPSA) is 38.7 Å². The summed E-state index contributed by atoms with van der Waals surface area (Å²) in [5, 5.41) is 10.2. The first-order valence-electron chi connectivity index (χ1n) is 12.7. The molecule has 3 heteroatoms. The van der Waals surface area contributed by atoms with Gasteiger partial charge in [-0.2, -0.15) is 0 Å². The molecule has 0 aromatic heterocycles. The van der Waals surface area contributed by atoms with Gasteiger partial charge in [0, 0.05) is 6.61 Å². The van der Waals surface area contributed by atoms with Crippen molar-refractivity contribution in [2.75, 3.05) is 13.2 Å². The van der Waals surface area contributed by atoms with Crippen LogP contribution in [-0.2, 0) is 16.1 Å². The molecule has 174 valence electrons. The molecule has 0 saturated heterocycles. The molecule has 1 rings (SSSR count). The molecule has 1 aromatic rings. The van der Waals surface area contributed by atoms with Crippen molar-refractivity contribution in [3.8, 4) is 0 Å². The minimum absolute atomic E-state index is 0.178. The first kappa shape index (κ1) is 27.1. The van der Waals surface area contributed by atoms with Crippen LogP contribution in [0.4, 0.5) is 0 Å². The zero-order valence-electron chi connectivity index (χ0n) is 19.8. The van der Waals surface area contributed by atoms with E-state index in [1.54, 1.807) is 0 Å². The summed E-state index contributed by atoms with van der Waals surface area (Å²) in [4.78, 5) is 0. The first-order chi connectivity index (χ1) is 14.7. The Bertz CT molecular complexity index is 462. The second-order valence-corrected chi connectivity index (χ2v) is 8.74. The van der Waals surface area contributed by atoms with Gasteiger partial charge < -0.3 is 14.6 Å². The summed E-state index contributed by atoms with van der Waals surface area (Å²) in [6.45, 7) is 5.79. The molecule has 0 aliphatic carbocycles. The van der Waals surface area contributed by atoms with Crippen LogP contribution in [0.25, 0.3) is 0 Å². The van der Waals surface area contributed by atoms with Gasteiger partial charge in [0.15, 0.2) is 0 Å². The normalized spacial score (nSPS) is 13.4. The van der Waals surface area contributed by atoms with Crippen LogP contribution < -0.4 is 0 Å². The second kappa shape index (κ2) is 20.0. The van der Waals surface area contributed by atoms with Crippen molar-refractivity contribution >= 4 is 0 Å². The maximum Gasteiger partial charge on any atom is 0.103 e. The van der Waals surface area contributed by atoms with Crippen molar-refractivity contribution in [3.63, 3.8) is 0 Å². The molecule has 0 heterocycles. The van der Waals surface area contributed by atoms with E-state index >= 15 is 0 Å². The van der Waals surface area contributed by atoms with Crippen LogP contribution in [0.15, 0.2) is 30.3 Å². The van der Waals surface area contributed by atoms with E-state index < -0.39 is 6.10 Å². The van der Waals surface area contributed by atoms with Gasteiger partial charge >= 0.3 is 0 Å². The van der Waals surface area contributed by atoms with Gasteiger partial charge in [-0.05, 0) is 18.9 Å². The number of aliphatic hydroxyl groups excluding tert-OH is 1. The Morgan fingerprint density at radius 1 is 0.733 bits per heavy atom. The largest absolute Gasteiger partial charge is 0.388 e. The third-order valence-corrected chi connectivity index (χ3v) is 5.82. The molecule has 30 heavy (non-hydrogen) atoms. The van der Waals surface area contributed by atoms with Gasteiger partial charge in [-0.3, -0.25) is 0 Å². The molecule has 0 fully saturated rings. The summed E-state index contributed by atoms with van der Waals surface area (Å²) in [6.07, 6.45) is 18.3. The van der Waals surface area contributed by atoms with Crippen LogP contribution in [0.5, 0.6) is 0 Å². The van der Waals surface area contributed by atoms with Gasteiger partial charge in [0.2, 0.25) is 0 Å². The van der Waals surface area contributed by atoms with Gasteiger partial charge in [0.1, 0.15) is 6.10 Å². The minimum atomic E-state index is -0.569. The summed E-state index contributed by atoms with van der Waals surface area (Å²) in [5.41, 5.74) is 1.13. The van der Waals surface area contributed by atoms with Crippen LogP contribution in [0.1, 0.15) is 109 Å². The Morgan fingerprint density at radius 3 is 1.77 bits per heavy atom. The predicted molar refractivity (Wildman–Crippen MR) is 128 cm³/mol. The predicted octanol–water partition coefficient (Wildman–Crippen LogP) is 7.45. The number of benzene rings is 1. The average Bonchev–Trinajstić information content (AvgIpc) is 2.77. The highest BCUT2D eigenvalue weighted by Crippen LogP contribution is 2.13. The van der Waals surface area contributed by atoms with Crippen LogP contribution >= 0.6 is 0 Å². The summed E-state index contributed by atoms with van der Waals surface area (Å²) in [7, 11) is 0. The van der Waals surface area contributed by atoms with Gasteiger partial charge in [0.25, 0.3) is 0 Å². The lowest BCUT2D eigenvalue weighted by Crippen LogP contribution is -2.30. The molecule has 0 spiro atoms. The molecule has 3 nitrogen and oxygen atoms in total. The van der Waals surface area contributed by atoms with Crippen molar-refractivity contribution in [1.29, 1.82) is 0 Å². The van der Waals surface area contributed by atoms with E-state index in [1.807, 2.05) is 37.3 Å². The number of ether oxygens (including phenoxy) is 2. The van der Waals surface area contributed by atoms with Crippen LogP contribution in [0.2, 0.25) is 0 Å². The van der Waals surface area contributed by atoms with E-state index in [9.17, 15) is 5.11 Å². The standard InChI is InChI=1S/C27H48O3/c1-3-4-5-6-7-8-9-10-11-12-13-14-15-19-22-30-25(2)27(28)24-29-23-26-20-17-16-18-21-26/h16-18,20-21,25,27-28H,3-15,19,22-24H2,1-2H3. The molecule has 1 N–H and O–H groups in total. The number of unbranched alkanes of at least 4 members (excludes halogenated alkanes) is 13. The highest BCUT2D eigenvalue weighted by atomic mass is 16.5. The summed E-state index contributed by atoms with van der Waals surface area (Å²) < 4.78 is 11.4. The minimum Gasteiger partial charge on any atom is -0.388 e. The average molecular weight is 421 g/mol. The Balaban J connectivity index is 1.82. The smallest absolute Gasteiger partial charge is 0.103 e. The van der Waals surface area contributed by atoms with Crippen molar-refractivity contribution in [2.24, 2.45) is 0 Å². The maximum atomic E-state index is 10.2. The Hall–Kier alpha value is -0.900. The first-order valence-corrected chi connectivity index (χ1v) is 12.7. The van der Waals surface area contributed by atoms with E-state index in [4.69, 9.17) is 9.47 Å². The zero-order chi connectivity index (χ0) is 21.7. The molecular formula is C27H48O3. The van der Waals surface area contributed by atoms with Crippen molar-refractivity contribution in [3.05, 3.63) is 35.9 Å². The number of hydrogen-bond donors (Lipinski definition) is 1. The third kappa shape index (κ3) is 15.9. The SMILES string of the molecule is CCCCCCCCCCCCCCCCOC(C)C(O)COCc1ccccc1. The lowest BCUT2D eigenvalue weighted by Gasteiger charge is -2.19. The molecule has 0 aliphatic rings. The fourth-order valence-electron chi connectivity index (χ4n) is 3.68. The maximum absolute atomic E-state index is 10.2. The highest BCUT2D eigenvalue weighted by Gasteiger charge is 2.14. The number of aliphatic hydroxyl groups is 1. The monoisotopic (exact) mass is 420 g/mol. The Kier molecular flexibility index (Phi) is 18.1. The van der Waals surface area contributed by atoms with Crippen LogP contribution in [0.3, 0.4) is 0 Å². The lowest BCUT2D eigenvalue weighted by molar-refractivity contribution is -0.0674. The molecule has 1 aromatic carbocycles. The van der Waals surface area contributed by atoms with Crippen molar-refractivity contribution in [1.82, 2.24) is 0 Å². The Morgan fingerprint density at radius 2 is 1.23 bits per heavy atom. The third-order valence-electron chi connectivity index (χ3n) is 5.82. The zero-order valence-corrected chi connectivity index (χ0v) is 19.8. The van der Waals surface area contributed by atoms with E-state index in [1.165, 1.54) is 83.5 Å². The summed E-state index contributed by atoms with van der Waals surface area (Å²) in [6, 6.07) is 10.0. The van der Waals surface area contributed by atoms with Crippen LogP contribution in [-0.4, -0.2) is 30.5 Å². The van der Waals surface area contributed by atoms with Gasteiger partial charge in [-0.1, -0.05) is 121 Å². The molecule has 0 saturated carbocycles. The fourth-order valence-corrected chi connectivity index (χ4v) is 3.68.